The Morgan fingerprint density at radius 1 is 1.32 bits per heavy atom. The minimum atomic E-state index is -4.59. The van der Waals surface area contributed by atoms with Gasteiger partial charge in [-0.05, 0) is 24.1 Å². The number of hydrogen-bond acceptors (Lipinski definition) is 2. The lowest BCUT2D eigenvalue weighted by Gasteiger charge is -2.16. The summed E-state index contributed by atoms with van der Waals surface area (Å²) >= 11 is 4.01. The Morgan fingerprint density at radius 2 is 1.89 bits per heavy atom. The standard InChI is InChI=1S/C12H13F4NOS/c1-6(2)10(19)11(18)17-9-5-7(12(14,15)16)3-4-8(9)13/h3-6,10,19H,1-2H3,(H,17,18). The first-order chi connectivity index (χ1) is 8.62. The first-order valence-corrected chi connectivity index (χ1v) is 6.00. The van der Waals surface area contributed by atoms with Crippen LogP contribution in [0.4, 0.5) is 23.2 Å². The summed E-state index contributed by atoms with van der Waals surface area (Å²) in [4.78, 5) is 11.6. The van der Waals surface area contributed by atoms with Crippen LogP contribution in [0, 0.1) is 11.7 Å². The summed E-state index contributed by atoms with van der Waals surface area (Å²) in [5.74, 6) is -1.70. The lowest BCUT2D eigenvalue weighted by atomic mass is 10.1. The first-order valence-electron chi connectivity index (χ1n) is 5.48. The van der Waals surface area contributed by atoms with Crippen LogP contribution in [0.3, 0.4) is 0 Å². The van der Waals surface area contributed by atoms with Crippen molar-refractivity contribution in [2.24, 2.45) is 5.92 Å². The predicted octanol–water partition coefficient (Wildman–Crippen LogP) is 3.74. The molecule has 2 nitrogen and oxygen atoms in total. The van der Waals surface area contributed by atoms with Crippen LogP contribution in [-0.2, 0) is 11.0 Å². The van der Waals surface area contributed by atoms with E-state index < -0.39 is 34.4 Å². The second kappa shape index (κ2) is 5.81. The number of carbonyl (C=O) groups excluding carboxylic acids is 1. The molecule has 1 atom stereocenters. The van der Waals surface area contributed by atoms with Gasteiger partial charge < -0.3 is 5.32 Å². The van der Waals surface area contributed by atoms with Crippen molar-refractivity contribution >= 4 is 24.2 Å². The highest BCUT2D eigenvalue weighted by Crippen LogP contribution is 2.32. The SMILES string of the molecule is CC(C)C(S)C(=O)Nc1cc(C(F)(F)F)ccc1F. The third-order valence-electron chi connectivity index (χ3n) is 2.45. The lowest BCUT2D eigenvalue weighted by molar-refractivity contribution is -0.137. The van der Waals surface area contributed by atoms with Crippen LogP contribution >= 0.6 is 12.6 Å². The number of thiol groups is 1. The van der Waals surface area contributed by atoms with E-state index in [4.69, 9.17) is 0 Å². The zero-order valence-electron chi connectivity index (χ0n) is 10.3. The van der Waals surface area contributed by atoms with E-state index in [9.17, 15) is 22.4 Å². The summed E-state index contributed by atoms with van der Waals surface area (Å²) in [6, 6.07) is 1.85. The number of benzene rings is 1. The Labute approximate surface area is 113 Å². The Kier molecular flexibility index (Phi) is 4.84. The smallest absolute Gasteiger partial charge is 0.323 e. The number of nitrogens with one attached hydrogen (secondary N) is 1. The van der Waals surface area contributed by atoms with Gasteiger partial charge in [0.2, 0.25) is 5.91 Å². The van der Waals surface area contributed by atoms with Crippen LogP contribution in [0.2, 0.25) is 0 Å². The number of hydrogen-bond donors (Lipinski definition) is 2. The number of alkyl halides is 3. The summed E-state index contributed by atoms with van der Waals surface area (Å²) < 4.78 is 50.8. The second-order valence-corrected chi connectivity index (χ2v) is 4.93. The van der Waals surface area contributed by atoms with Crippen molar-refractivity contribution < 1.29 is 22.4 Å². The van der Waals surface area contributed by atoms with Crippen molar-refractivity contribution in [2.45, 2.75) is 25.3 Å². The Hall–Kier alpha value is -1.24. The van der Waals surface area contributed by atoms with Crippen molar-refractivity contribution in [1.29, 1.82) is 0 Å². The van der Waals surface area contributed by atoms with Crippen LogP contribution in [-0.4, -0.2) is 11.2 Å². The highest BCUT2D eigenvalue weighted by atomic mass is 32.1. The molecule has 0 saturated heterocycles. The molecule has 0 heterocycles. The highest BCUT2D eigenvalue weighted by molar-refractivity contribution is 7.81. The molecule has 106 valence electrons. The van der Waals surface area contributed by atoms with Gasteiger partial charge in [-0.2, -0.15) is 25.8 Å². The average molecular weight is 295 g/mol. The quantitative estimate of drug-likeness (QED) is 0.645. The zero-order valence-corrected chi connectivity index (χ0v) is 11.1. The normalized spacial score (nSPS) is 13.5. The van der Waals surface area contributed by atoms with Gasteiger partial charge in [0.1, 0.15) is 5.82 Å². The maximum Gasteiger partial charge on any atom is 0.416 e. The van der Waals surface area contributed by atoms with E-state index in [-0.39, 0.29) is 5.92 Å². The van der Waals surface area contributed by atoms with Crippen molar-refractivity contribution in [3.8, 4) is 0 Å². The first kappa shape index (κ1) is 15.8. The van der Waals surface area contributed by atoms with Crippen LogP contribution in [0.15, 0.2) is 18.2 Å². The molecule has 1 aromatic rings. The maximum absolute atomic E-state index is 13.4. The van der Waals surface area contributed by atoms with Gasteiger partial charge in [-0.25, -0.2) is 4.39 Å². The third kappa shape index (κ3) is 4.12. The molecule has 0 aliphatic rings. The van der Waals surface area contributed by atoms with E-state index in [2.05, 4.69) is 17.9 Å². The number of rotatable bonds is 3. The highest BCUT2D eigenvalue weighted by Gasteiger charge is 2.31. The predicted molar refractivity (Wildman–Crippen MR) is 67.6 cm³/mol. The van der Waals surface area contributed by atoms with Gasteiger partial charge in [-0.15, -0.1) is 0 Å². The maximum atomic E-state index is 13.4. The van der Waals surface area contributed by atoms with Gasteiger partial charge in [-0.3, -0.25) is 4.79 Å². The minimum Gasteiger partial charge on any atom is -0.323 e. The largest absolute Gasteiger partial charge is 0.416 e. The summed E-state index contributed by atoms with van der Waals surface area (Å²) in [6.45, 7) is 3.44. The van der Waals surface area contributed by atoms with Crippen molar-refractivity contribution in [2.75, 3.05) is 5.32 Å². The molecule has 7 heteroatoms. The molecule has 0 aliphatic carbocycles. The Balaban J connectivity index is 2.98. The van der Waals surface area contributed by atoms with E-state index in [0.717, 1.165) is 0 Å². The summed E-state index contributed by atoms with van der Waals surface area (Å²) in [5, 5.41) is 1.39. The zero-order chi connectivity index (χ0) is 14.8. The molecular weight excluding hydrogens is 282 g/mol. The van der Waals surface area contributed by atoms with E-state index >= 15 is 0 Å². The topological polar surface area (TPSA) is 29.1 Å². The third-order valence-corrected chi connectivity index (χ3v) is 3.28. The van der Waals surface area contributed by atoms with Crippen molar-refractivity contribution in [3.63, 3.8) is 0 Å². The molecule has 0 spiro atoms. The van der Waals surface area contributed by atoms with Crippen LogP contribution in [0.1, 0.15) is 19.4 Å². The van der Waals surface area contributed by atoms with Crippen molar-refractivity contribution in [3.05, 3.63) is 29.6 Å². The van der Waals surface area contributed by atoms with E-state index in [1.807, 2.05) is 0 Å². The fourth-order valence-electron chi connectivity index (χ4n) is 1.31. The lowest BCUT2D eigenvalue weighted by Crippen LogP contribution is -2.28. The number of amides is 1. The monoisotopic (exact) mass is 295 g/mol. The van der Waals surface area contributed by atoms with E-state index in [0.29, 0.717) is 18.2 Å². The fourth-order valence-corrected chi connectivity index (χ4v) is 1.37. The molecule has 1 rings (SSSR count). The van der Waals surface area contributed by atoms with Gasteiger partial charge in [-0.1, -0.05) is 13.8 Å². The van der Waals surface area contributed by atoms with Crippen molar-refractivity contribution in [1.82, 2.24) is 0 Å². The summed E-state index contributed by atoms with van der Waals surface area (Å²) in [7, 11) is 0. The molecule has 1 N–H and O–H groups in total. The molecular formula is C12H13F4NOS. The molecule has 1 unspecified atom stereocenters. The molecule has 19 heavy (non-hydrogen) atoms. The summed E-state index contributed by atoms with van der Waals surface area (Å²) in [5.41, 5.74) is -1.52. The minimum absolute atomic E-state index is 0.128. The number of halogens is 4. The Bertz CT molecular complexity index is 473. The van der Waals surface area contributed by atoms with E-state index in [1.165, 1.54) is 0 Å². The molecule has 0 aliphatic heterocycles. The number of carbonyl (C=O) groups is 1. The molecule has 0 aromatic heterocycles. The number of anilines is 1. The van der Waals surface area contributed by atoms with Gasteiger partial charge in [0.15, 0.2) is 0 Å². The molecule has 0 radical (unpaired) electrons. The summed E-state index contributed by atoms with van der Waals surface area (Å²) in [6.07, 6.45) is -4.59. The Morgan fingerprint density at radius 3 is 2.37 bits per heavy atom. The second-order valence-electron chi connectivity index (χ2n) is 4.37. The van der Waals surface area contributed by atoms with Crippen LogP contribution in [0.25, 0.3) is 0 Å². The van der Waals surface area contributed by atoms with Crippen LogP contribution in [0.5, 0.6) is 0 Å². The molecule has 0 fully saturated rings. The molecule has 0 bridgehead atoms. The van der Waals surface area contributed by atoms with Gasteiger partial charge in [0.25, 0.3) is 0 Å². The fraction of sp³-hybridized carbons (Fsp3) is 0.417. The average Bonchev–Trinajstić information content (AvgIpc) is 2.29. The van der Waals surface area contributed by atoms with Crippen LogP contribution < -0.4 is 5.32 Å². The van der Waals surface area contributed by atoms with Gasteiger partial charge >= 0.3 is 6.18 Å². The van der Waals surface area contributed by atoms with E-state index in [1.54, 1.807) is 13.8 Å². The van der Waals surface area contributed by atoms with Gasteiger partial charge in [0, 0.05) is 0 Å². The molecule has 0 saturated carbocycles. The molecule has 1 amide bonds. The van der Waals surface area contributed by atoms with Gasteiger partial charge in [0.05, 0.1) is 16.5 Å². The molecule has 1 aromatic carbocycles.